The van der Waals surface area contributed by atoms with Gasteiger partial charge in [-0.3, -0.25) is 0 Å². The summed E-state index contributed by atoms with van der Waals surface area (Å²) in [7, 11) is 0. The molecule has 1 aliphatic rings. The number of halogens is 1. The predicted octanol–water partition coefficient (Wildman–Crippen LogP) is 5.53. The molecular formula is C22H28ClNO. The maximum absolute atomic E-state index is 5.86. The largest absolute Gasteiger partial charge is 0.494 e. The molecule has 0 amide bonds. The Morgan fingerprint density at radius 2 is 1.44 bits per heavy atom. The molecule has 3 rings (SSSR count). The minimum atomic E-state index is 0. The van der Waals surface area contributed by atoms with Gasteiger partial charge < -0.3 is 9.64 Å². The number of piperidine rings is 1. The van der Waals surface area contributed by atoms with Gasteiger partial charge in [0.15, 0.2) is 0 Å². The predicted molar refractivity (Wildman–Crippen MR) is 109 cm³/mol. The topological polar surface area (TPSA) is 12.5 Å². The number of ether oxygens (including phenoxy) is 1. The first kappa shape index (κ1) is 19.6. The van der Waals surface area contributed by atoms with Crippen LogP contribution in [-0.4, -0.2) is 31.1 Å². The van der Waals surface area contributed by atoms with Crippen molar-refractivity contribution in [3.63, 3.8) is 0 Å². The van der Waals surface area contributed by atoms with Crippen LogP contribution in [0, 0.1) is 0 Å². The van der Waals surface area contributed by atoms with Gasteiger partial charge in [-0.05, 0) is 55.6 Å². The van der Waals surface area contributed by atoms with E-state index in [2.05, 4.69) is 65.6 Å². The van der Waals surface area contributed by atoms with Gasteiger partial charge in [0.25, 0.3) is 0 Å². The molecule has 1 heterocycles. The van der Waals surface area contributed by atoms with Gasteiger partial charge >= 0.3 is 0 Å². The molecule has 3 heteroatoms. The maximum atomic E-state index is 5.86. The van der Waals surface area contributed by atoms with Crippen LogP contribution in [0.3, 0.4) is 0 Å². The maximum Gasteiger partial charge on any atom is 0.119 e. The minimum absolute atomic E-state index is 0. The first-order valence-electron chi connectivity index (χ1n) is 9.08. The molecule has 2 aromatic rings. The number of benzene rings is 2. The zero-order chi connectivity index (χ0) is 16.5. The van der Waals surface area contributed by atoms with Crippen LogP contribution in [-0.2, 0) is 0 Å². The SMILES string of the molecule is C(=C\c1ccc(OCCCN2CCCCC2)cc1)/c1ccccc1.Cl. The third kappa shape index (κ3) is 6.93. The fourth-order valence-corrected chi connectivity index (χ4v) is 3.09. The Labute approximate surface area is 157 Å². The second-order valence-corrected chi connectivity index (χ2v) is 6.42. The standard InChI is InChI=1S/C22H27NO.ClH/c1-3-8-20(9-4-1)10-11-21-12-14-22(15-13-21)24-19-7-18-23-16-5-2-6-17-23;/h1,3-4,8-15H,2,5-7,16-19H2;1H/b11-10+;. The molecule has 1 saturated heterocycles. The smallest absolute Gasteiger partial charge is 0.119 e. The highest BCUT2D eigenvalue weighted by Crippen LogP contribution is 2.15. The molecule has 25 heavy (non-hydrogen) atoms. The molecule has 0 radical (unpaired) electrons. The van der Waals surface area contributed by atoms with E-state index in [1.54, 1.807) is 0 Å². The Balaban J connectivity index is 0.00000225. The summed E-state index contributed by atoms with van der Waals surface area (Å²) < 4.78 is 5.86. The lowest BCUT2D eigenvalue weighted by Gasteiger charge is -2.26. The van der Waals surface area contributed by atoms with Gasteiger partial charge in [0.2, 0.25) is 0 Å². The summed E-state index contributed by atoms with van der Waals surface area (Å²) in [6.45, 7) is 4.50. The highest BCUT2D eigenvalue weighted by molar-refractivity contribution is 5.85. The van der Waals surface area contributed by atoms with Crippen molar-refractivity contribution in [2.75, 3.05) is 26.2 Å². The fraction of sp³-hybridized carbons (Fsp3) is 0.364. The third-order valence-corrected chi connectivity index (χ3v) is 4.48. The molecule has 1 aliphatic heterocycles. The van der Waals surface area contributed by atoms with Crippen molar-refractivity contribution >= 4 is 24.6 Å². The average molecular weight is 358 g/mol. The van der Waals surface area contributed by atoms with Crippen LogP contribution >= 0.6 is 12.4 Å². The second kappa shape index (κ2) is 11.0. The number of likely N-dealkylation sites (tertiary alicyclic amines) is 1. The van der Waals surface area contributed by atoms with Crippen LogP contribution in [0.25, 0.3) is 12.2 Å². The minimum Gasteiger partial charge on any atom is -0.494 e. The lowest BCUT2D eigenvalue weighted by molar-refractivity contribution is 0.205. The number of rotatable bonds is 7. The van der Waals surface area contributed by atoms with Gasteiger partial charge in [0.05, 0.1) is 6.61 Å². The summed E-state index contributed by atoms with van der Waals surface area (Å²) in [5.74, 6) is 0.963. The van der Waals surface area contributed by atoms with E-state index in [9.17, 15) is 0 Å². The molecule has 0 bridgehead atoms. The molecule has 0 aromatic heterocycles. The highest BCUT2D eigenvalue weighted by Gasteiger charge is 2.08. The van der Waals surface area contributed by atoms with Crippen molar-refractivity contribution in [3.8, 4) is 5.75 Å². The Kier molecular flexibility index (Phi) is 8.58. The van der Waals surface area contributed by atoms with E-state index in [1.807, 2.05) is 6.07 Å². The Morgan fingerprint density at radius 1 is 0.800 bits per heavy atom. The molecule has 0 unspecified atom stereocenters. The van der Waals surface area contributed by atoms with Crippen LogP contribution in [0.1, 0.15) is 36.8 Å². The van der Waals surface area contributed by atoms with Crippen molar-refractivity contribution in [3.05, 3.63) is 65.7 Å². The van der Waals surface area contributed by atoms with Gasteiger partial charge in [-0.25, -0.2) is 0 Å². The summed E-state index contributed by atoms with van der Waals surface area (Å²) in [5, 5.41) is 0. The molecule has 0 saturated carbocycles. The van der Waals surface area contributed by atoms with E-state index in [1.165, 1.54) is 43.5 Å². The Hall–Kier alpha value is -1.77. The Bertz CT molecular complexity index is 618. The summed E-state index contributed by atoms with van der Waals surface area (Å²) in [6, 6.07) is 18.7. The normalized spacial score (nSPS) is 15.0. The van der Waals surface area contributed by atoms with Crippen molar-refractivity contribution in [2.24, 2.45) is 0 Å². The van der Waals surface area contributed by atoms with E-state index in [0.29, 0.717) is 0 Å². The zero-order valence-electron chi connectivity index (χ0n) is 14.8. The fourth-order valence-electron chi connectivity index (χ4n) is 3.09. The third-order valence-electron chi connectivity index (χ3n) is 4.48. The number of hydrogen-bond donors (Lipinski definition) is 0. The summed E-state index contributed by atoms with van der Waals surface area (Å²) in [4.78, 5) is 2.56. The number of nitrogens with zero attached hydrogens (tertiary/aromatic N) is 1. The molecular weight excluding hydrogens is 330 g/mol. The highest BCUT2D eigenvalue weighted by atomic mass is 35.5. The molecule has 2 aromatic carbocycles. The summed E-state index contributed by atoms with van der Waals surface area (Å²) in [5.41, 5.74) is 2.41. The van der Waals surface area contributed by atoms with Gasteiger partial charge in [-0.15, -0.1) is 12.4 Å². The lowest BCUT2D eigenvalue weighted by atomic mass is 10.1. The van der Waals surface area contributed by atoms with E-state index in [-0.39, 0.29) is 12.4 Å². The molecule has 0 atom stereocenters. The van der Waals surface area contributed by atoms with E-state index in [0.717, 1.165) is 25.3 Å². The van der Waals surface area contributed by atoms with Gasteiger partial charge in [-0.2, -0.15) is 0 Å². The van der Waals surface area contributed by atoms with E-state index in [4.69, 9.17) is 4.74 Å². The van der Waals surface area contributed by atoms with Gasteiger partial charge in [0.1, 0.15) is 5.75 Å². The first-order valence-corrected chi connectivity index (χ1v) is 9.08. The van der Waals surface area contributed by atoms with Crippen LogP contribution in [0.5, 0.6) is 5.75 Å². The van der Waals surface area contributed by atoms with E-state index < -0.39 is 0 Å². The van der Waals surface area contributed by atoms with Crippen LogP contribution in [0.2, 0.25) is 0 Å². The van der Waals surface area contributed by atoms with Crippen LogP contribution in [0.15, 0.2) is 54.6 Å². The van der Waals surface area contributed by atoms with Gasteiger partial charge in [-0.1, -0.05) is 61.0 Å². The second-order valence-electron chi connectivity index (χ2n) is 6.42. The average Bonchev–Trinajstić information content (AvgIpc) is 2.66. The lowest BCUT2D eigenvalue weighted by Crippen LogP contribution is -2.31. The molecule has 1 fully saturated rings. The first-order chi connectivity index (χ1) is 11.9. The number of hydrogen-bond acceptors (Lipinski definition) is 2. The van der Waals surface area contributed by atoms with Crippen LogP contribution < -0.4 is 4.74 Å². The van der Waals surface area contributed by atoms with Gasteiger partial charge in [0, 0.05) is 6.54 Å². The molecule has 0 N–H and O–H groups in total. The van der Waals surface area contributed by atoms with E-state index >= 15 is 0 Å². The monoisotopic (exact) mass is 357 g/mol. The quantitative estimate of drug-likeness (QED) is 0.477. The summed E-state index contributed by atoms with van der Waals surface area (Å²) in [6.07, 6.45) is 9.50. The molecule has 134 valence electrons. The molecule has 0 aliphatic carbocycles. The van der Waals surface area contributed by atoms with Crippen molar-refractivity contribution in [1.82, 2.24) is 4.90 Å². The summed E-state index contributed by atoms with van der Waals surface area (Å²) >= 11 is 0. The van der Waals surface area contributed by atoms with Crippen molar-refractivity contribution in [2.45, 2.75) is 25.7 Å². The molecule has 2 nitrogen and oxygen atoms in total. The van der Waals surface area contributed by atoms with Crippen molar-refractivity contribution < 1.29 is 4.74 Å². The molecule has 0 spiro atoms. The zero-order valence-corrected chi connectivity index (χ0v) is 15.6. The van der Waals surface area contributed by atoms with Crippen molar-refractivity contribution in [1.29, 1.82) is 0 Å². The van der Waals surface area contributed by atoms with Crippen LogP contribution in [0.4, 0.5) is 0 Å². The Morgan fingerprint density at radius 3 is 2.12 bits per heavy atom.